The fourth-order valence-corrected chi connectivity index (χ4v) is 4.99. The summed E-state index contributed by atoms with van der Waals surface area (Å²) in [5, 5.41) is 11.4. The van der Waals surface area contributed by atoms with E-state index in [0.717, 1.165) is 23.9 Å². The molecule has 0 unspecified atom stereocenters. The highest BCUT2D eigenvalue weighted by atomic mass is 32.2. The van der Waals surface area contributed by atoms with Gasteiger partial charge in [0.2, 0.25) is 11.8 Å². The number of hydrogen-bond donors (Lipinski definition) is 1. The lowest BCUT2D eigenvalue weighted by Gasteiger charge is -2.42. The highest BCUT2D eigenvalue weighted by molar-refractivity contribution is 7.99. The minimum atomic E-state index is -4.55. The van der Waals surface area contributed by atoms with Crippen molar-refractivity contribution in [2.45, 2.75) is 30.7 Å². The summed E-state index contributed by atoms with van der Waals surface area (Å²) in [4.78, 5) is 31.8. The van der Waals surface area contributed by atoms with Crippen molar-refractivity contribution >= 4 is 35.0 Å². The number of para-hydroxylation sites is 2. The van der Waals surface area contributed by atoms with Crippen LogP contribution in [-0.2, 0) is 15.8 Å². The van der Waals surface area contributed by atoms with E-state index in [1.54, 1.807) is 56.4 Å². The summed E-state index contributed by atoms with van der Waals surface area (Å²) in [6.45, 7) is 3.29. The first-order chi connectivity index (χ1) is 18.1. The Bertz CT molecular complexity index is 1520. The fraction of sp³-hybridized carbons (Fsp3) is 0.192. The lowest BCUT2D eigenvalue weighted by molar-refractivity contribution is -0.137. The molecule has 12 heteroatoms. The third-order valence-electron chi connectivity index (χ3n) is 6.07. The second-order valence-corrected chi connectivity index (χ2v) is 9.92. The monoisotopic (exact) mass is 538 g/mol. The number of aromatic nitrogens is 4. The molecule has 0 saturated heterocycles. The summed E-state index contributed by atoms with van der Waals surface area (Å²) >= 11 is 1.01. The van der Waals surface area contributed by atoms with Crippen LogP contribution in [0.15, 0.2) is 78.2 Å². The van der Waals surface area contributed by atoms with E-state index >= 15 is 0 Å². The number of nitrogens with zero attached hydrogens (tertiary/aromatic N) is 5. The van der Waals surface area contributed by atoms with Crippen molar-refractivity contribution in [3.8, 4) is 17.1 Å². The van der Waals surface area contributed by atoms with Crippen molar-refractivity contribution in [1.29, 1.82) is 0 Å². The molecule has 0 aliphatic carbocycles. The number of anilines is 2. The van der Waals surface area contributed by atoms with Crippen LogP contribution in [0, 0.1) is 0 Å². The van der Waals surface area contributed by atoms with Gasteiger partial charge in [-0.25, -0.2) is 0 Å². The first-order valence-electron chi connectivity index (χ1n) is 11.5. The maximum Gasteiger partial charge on any atom is 0.416 e. The Morgan fingerprint density at radius 3 is 2.58 bits per heavy atom. The Labute approximate surface area is 219 Å². The summed E-state index contributed by atoms with van der Waals surface area (Å²) in [6, 6.07) is 15.2. The summed E-state index contributed by atoms with van der Waals surface area (Å²) in [7, 11) is 0. The highest BCUT2D eigenvalue weighted by Gasteiger charge is 2.43. The smallest absolute Gasteiger partial charge is 0.322 e. The quantitative estimate of drug-likeness (QED) is 0.351. The molecule has 8 nitrogen and oxygen atoms in total. The molecule has 2 aromatic carbocycles. The minimum absolute atomic E-state index is 0.144. The van der Waals surface area contributed by atoms with Gasteiger partial charge in [-0.2, -0.15) is 13.2 Å². The van der Waals surface area contributed by atoms with Crippen LogP contribution in [0.3, 0.4) is 0 Å². The lowest BCUT2D eigenvalue weighted by atomic mass is 9.96. The first-order valence-corrected chi connectivity index (χ1v) is 12.5. The lowest BCUT2D eigenvalue weighted by Crippen LogP contribution is -2.59. The van der Waals surface area contributed by atoms with Gasteiger partial charge < -0.3 is 5.32 Å². The molecule has 0 spiro atoms. The third-order valence-corrected chi connectivity index (χ3v) is 6.98. The largest absolute Gasteiger partial charge is 0.416 e. The average molecular weight is 539 g/mol. The van der Waals surface area contributed by atoms with Gasteiger partial charge in [0.25, 0.3) is 0 Å². The first kappa shape index (κ1) is 25.5. The van der Waals surface area contributed by atoms with Crippen LogP contribution in [0.1, 0.15) is 19.4 Å². The zero-order valence-electron chi connectivity index (χ0n) is 20.2. The molecule has 194 valence electrons. The molecule has 3 heterocycles. The number of carbonyl (C=O) groups excluding carboxylic acids is 2. The molecule has 5 rings (SSSR count). The number of pyridine rings is 1. The topological polar surface area (TPSA) is 93.0 Å². The van der Waals surface area contributed by atoms with Gasteiger partial charge in [-0.15, -0.1) is 10.2 Å². The van der Waals surface area contributed by atoms with Crippen LogP contribution < -0.4 is 10.2 Å². The average Bonchev–Trinajstić information content (AvgIpc) is 3.32. The number of hydrogen-bond acceptors (Lipinski definition) is 6. The molecule has 0 atom stereocenters. The number of rotatable bonds is 5. The van der Waals surface area contributed by atoms with Gasteiger partial charge in [-0.05, 0) is 56.3 Å². The molecule has 0 bridgehead atoms. The van der Waals surface area contributed by atoms with Gasteiger partial charge in [0.15, 0.2) is 11.0 Å². The number of halogens is 3. The molecule has 38 heavy (non-hydrogen) atoms. The standard InChI is InChI=1S/C26H21F3N6O2S/c1-25(2)23(37)31-19-10-3-4-11-20(19)35(25)21(36)15-38-24-33-32-22(16-7-6-12-30-14-16)34(24)18-9-5-8-17(13-18)26(27,28)29/h3-14H,15H2,1-2H3,(H,31,37). The summed E-state index contributed by atoms with van der Waals surface area (Å²) < 4.78 is 41.9. The maximum atomic E-state index is 13.5. The number of fused-ring (bicyclic) bond motifs is 1. The molecule has 1 aliphatic heterocycles. The molecule has 1 aliphatic rings. The van der Waals surface area contributed by atoms with Crippen molar-refractivity contribution in [2.75, 3.05) is 16.0 Å². The van der Waals surface area contributed by atoms with E-state index in [9.17, 15) is 22.8 Å². The van der Waals surface area contributed by atoms with Gasteiger partial charge in [-0.3, -0.25) is 24.0 Å². The normalized spacial score (nSPS) is 14.7. The second kappa shape index (κ2) is 9.60. The predicted octanol–water partition coefficient (Wildman–Crippen LogP) is 5.20. The van der Waals surface area contributed by atoms with Crippen LogP contribution in [0.5, 0.6) is 0 Å². The molecule has 4 aromatic rings. The van der Waals surface area contributed by atoms with Gasteiger partial charge in [0.1, 0.15) is 5.54 Å². The zero-order chi connectivity index (χ0) is 27.1. The molecule has 1 N–H and O–H groups in total. The molecule has 2 amide bonds. The molecular weight excluding hydrogens is 517 g/mol. The van der Waals surface area contributed by atoms with Gasteiger partial charge in [0.05, 0.1) is 28.4 Å². The summed E-state index contributed by atoms with van der Waals surface area (Å²) in [6.07, 6.45) is -1.45. The molecule has 2 aromatic heterocycles. The SMILES string of the molecule is CC1(C)C(=O)Nc2ccccc2N1C(=O)CSc1nnc(-c2cccnc2)n1-c1cccc(C(F)(F)F)c1. The number of nitrogens with one attached hydrogen (secondary N) is 1. The van der Waals surface area contributed by atoms with Crippen LogP contribution in [0.4, 0.5) is 24.5 Å². The zero-order valence-corrected chi connectivity index (χ0v) is 21.0. The van der Waals surface area contributed by atoms with Crippen molar-refractivity contribution in [3.05, 3.63) is 78.6 Å². The second-order valence-electron chi connectivity index (χ2n) is 8.98. The number of carbonyl (C=O) groups is 2. The summed E-state index contributed by atoms with van der Waals surface area (Å²) in [5.41, 5.74) is -0.202. The minimum Gasteiger partial charge on any atom is -0.322 e. The van der Waals surface area contributed by atoms with Crippen LogP contribution >= 0.6 is 11.8 Å². The number of thioether (sulfide) groups is 1. The van der Waals surface area contributed by atoms with Gasteiger partial charge >= 0.3 is 6.18 Å². The molecular formula is C26H21F3N6O2S. The number of benzene rings is 2. The van der Waals surface area contributed by atoms with Gasteiger partial charge in [-0.1, -0.05) is 30.0 Å². The van der Waals surface area contributed by atoms with E-state index in [2.05, 4.69) is 20.5 Å². The Kier molecular flexibility index (Phi) is 6.43. The Morgan fingerprint density at radius 2 is 1.84 bits per heavy atom. The number of alkyl halides is 3. The van der Waals surface area contributed by atoms with E-state index in [-0.39, 0.29) is 34.2 Å². The Balaban J connectivity index is 1.52. The molecule has 0 saturated carbocycles. The van der Waals surface area contributed by atoms with Crippen molar-refractivity contribution < 1.29 is 22.8 Å². The maximum absolute atomic E-state index is 13.5. The Hall–Kier alpha value is -4.19. The predicted molar refractivity (Wildman–Crippen MR) is 137 cm³/mol. The van der Waals surface area contributed by atoms with E-state index < -0.39 is 17.3 Å². The fourth-order valence-electron chi connectivity index (χ4n) is 4.19. The summed E-state index contributed by atoms with van der Waals surface area (Å²) in [5.74, 6) is -0.574. The van der Waals surface area contributed by atoms with E-state index in [4.69, 9.17) is 0 Å². The van der Waals surface area contributed by atoms with E-state index in [0.29, 0.717) is 16.9 Å². The van der Waals surface area contributed by atoms with Crippen LogP contribution in [0.2, 0.25) is 0 Å². The molecule has 0 fully saturated rings. The van der Waals surface area contributed by atoms with Crippen LogP contribution in [-0.4, -0.2) is 42.9 Å². The Morgan fingerprint density at radius 1 is 1.05 bits per heavy atom. The van der Waals surface area contributed by atoms with Gasteiger partial charge in [0, 0.05) is 18.0 Å². The number of amides is 2. The third kappa shape index (κ3) is 4.62. The van der Waals surface area contributed by atoms with Crippen molar-refractivity contribution in [3.63, 3.8) is 0 Å². The van der Waals surface area contributed by atoms with Crippen LogP contribution in [0.25, 0.3) is 17.1 Å². The van der Waals surface area contributed by atoms with E-state index in [1.807, 2.05) is 0 Å². The van der Waals surface area contributed by atoms with Crippen molar-refractivity contribution in [2.24, 2.45) is 0 Å². The molecule has 0 radical (unpaired) electrons. The van der Waals surface area contributed by atoms with Crippen molar-refractivity contribution in [1.82, 2.24) is 19.7 Å². The van der Waals surface area contributed by atoms with E-state index in [1.165, 1.54) is 27.8 Å². The highest BCUT2D eigenvalue weighted by Crippen LogP contribution is 2.38.